The van der Waals surface area contributed by atoms with Crippen LogP contribution < -0.4 is 0 Å². The van der Waals surface area contributed by atoms with Gasteiger partial charge in [-0.05, 0) is 12.8 Å². The second-order valence-electron chi connectivity index (χ2n) is 3.96. The molecule has 0 amide bonds. The van der Waals surface area contributed by atoms with Crippen molar-refractivity contribution in [1.29, 1.82) is 0 Å². The maximum absolute atomic E-state index is 11.7. The van der Waals surface area contributed by atoms with Gasteiger partial charge in [-0.1, -0.05) is 19.4 Å². The molecule has 0 aromatic carbocycles. The third-order valence-electron chi connectivity index (χ3n) is 2.94. The number of rotatable bonds is 3. The Morgan fingerprint density at radius 1 is 1.12 bits per heavy atom. The molecule has 0 N–H and O–H groups in total. The zero-order valence-corrected chi connectivity index (χ0v) is 9.81. The van der Waals surface area contributed by atoms with Crippen LogP contribution in [0.25, 0.3) is 0 Å². The highest BCUT2D eigenvalue weighted by molar-refractivity contribution is 5.94. The smallest absolute Gasteiger partial charge is 0.337 e. The van der Waals surface area contributed by atoms with Crippen LogP contribution in [0.5, 0.6) is 0 Å². The van der Waals surface area contributed by atoms with Crippen molar-refractivity contribution >= 4 is 17.9 Å². The molecule has 0 bridgehead atoms. The van der Waals surface area contributed by atoms with Crippen molar-refractivity contribution in [2.45, 2.75) is 25.7 Å². The number of ether oxygens (including phenoxy) is 2. The summed E-state index contributed by atoms with van der Waals surface area (Å²) in [5.41, 5.74) is 0. The van der Waals surface area contributed by atoms with Crippen LogP contribution in [0.15, 0.2) is 12.7 Å². The number of hydrogen-bond donors (Lipinski definition) is 0. The van der Waals surface area contributed by atoms with Crippen molar-refractivity contribution in [3.63, 3.8) is 0 Å². The lowest BCUT2D eigenvalue weighted by atomic mass is 9.79. The molecule has 17 heavy (non-hydrogen) atoms. The van der Waals surface area contributed by atoms with Gasteiger partial charge in [0.2, 0.25) is 0 Å². The van der Waals surface area contributed by atoms with Crippen LogP contribution in [-0.4, -0.2) is 25.0 Å². The maximum atomic E-state index is 11.7. The van der Waals surface area contributed by atoms with Gasteiger partial charge < -0.3 is 9.47 Å². The first-order chi connectivity index (χ1) is 8.10. The molecule has 1 aliphatic carbocycles. The number of esters is 3. The van der Waals surface area contributed by atoms with Crippen molar-refractivity contribution in [2.24, 2.45) is 11.8 Å². The fraction of sp³-hybridized carbons (Fsp3) is 0.583. The lowest BCUT2D eigenvalue weighted by Gasteiger charge is -2.27. The summed E-state index contributed by atoms with van der Waals surface area (Å²) in [5, 5.41) is 0. The van der Waals surface area contributed by atoms with E-state index in [9.17, 15) is 14.4 Å². The van der Waals surface area contributed by atoms with Gasteiger partial charge in [0.25, 0.3) is 0 Å². The number of carbonyl (C=O) groups excluding carboxylic acids is 3. The molecule has 0 heterocycles. The van der Waals surface area contributed by atoms with Gasteiger partial charge in [-0.25, -0.2) is 4.79 Å². The van der Waals surface area contributed by atoms with E-state index in [2.05, 4.69) is 16.1 Å². The standard InChI is InChI=1S/C12H16O5/c1-3-10(13)17-12(15)9-7-5-4-6-8(9)11(14)16-2/h3,8-9H,1,4-7H2,2H3. The Morgan fingerprint density at radius 2 is 1.65 bits per heavy atom. The molecule has 0 spiro atoms. The lowest BCUT2D eigenvalue weighted by Crippen LogP contribution is -2.35. The van der Waals surface area contributed by atoms with Gasteiger partial charge in [0.15, 0.2) is 0 Å². The van der Waals surface area contributed by atoms with E-state index in [1.165, 1.54) is 7.11 Å². The summed E-state index contributed by atoms with van der Waals surface area (Å²) >= 11 is 0. The molecule has 0 aliphatic heterocycles. The van der Waals surface area contributed by atoms with Crippen LogP contribution >= 0.6 is 0 Å². The second kappa shape index (κ2) is 6.18. The topological polar surface area (TPSA) is 69.7 Å². The largest absolute Gasteiger partial charge is 0.469 e. The third kappa shape index (κ3) is 3.41. The molecule has 0 aromatic rings. The fourth-order valence-electron chi connectivity index (χ4n) is 2.06. The Bertz CT molecular complexity index is 334. The van der Waals surface area contributed by atoms with Gasteiger partial charge in [0.05, 0.1) is 18.9 Å². The first-order valence-corrected chi connectivity index (χ1v) is 5.56. The molecule has 1 aliphatic rings. The molecule has 0 aromatic heterocycles. The summed E-state index contributed by atoms with van der Waals surface area (Å²) in [6.45, 7) is 3.21. The zero-order chi connectivity index (χ0) is 12.8. The van der Waals surface area contributed by atoms with Crippen molar-refractivity contribution < 1.29 is 23.9 Å². The second-order valence-corrected chi connectivity index (χ2v) is 3.96. The summed E-state index contributed by atoms with van der Waals surface area (Å²) in [6.07, 6.45) is 3.78. The van der Waals surface area contributed by atoms with Crippen molar-refractivity contribution in [3.8, 4) is 0 Å². The average molecular weight is 240 g/mol. The number of carbonyl (C=O) groups is 3. The Balaban J connectivity index is 2.70. The Hall–Kier alpha value is -1.65. The first-order valence-electron chi connectivity index (χ1n) is 5.56. The van der Waals surface area contributed by atoms with Crippen LogP contribution in [-0.2, 0) is 23.9 Å². The molecular weight excluding hydrogens is 224 g/mol. The Labute approximate surface area is 99.8 Å². The summed E-state index contributed by atoms with van der Waals surface area (Å²) in [6, 6.07) is 0. The zero-order valence-electron chi connectivity index (χ0n) is 9.81. The van der Waals surface area contributed by atoms with Crippen LogP contribution in [0.1, 0.15) is 25.7 Å². The molecule has 94 valence electrons. The van der Waals surface area contributed by atoms with Gasteiger partial charge in [0, 0.05) is 6.08 Å². The van der Waals surface area contributed by atoms with E-state index in [0.29, 0.717) is 12.8 Å². The first kappa shape index (κ1) is 13.4. The van der Waals surface area contributed by atoms with Crippen LogP contribution in [0, 0.1) is 11.8 Å². The van der Waals surface area contributed by atoms with E-state index in [1.54, 1.807) is 0 Å². The number of hydrogen-bond acceptors (Lipinski definition) is 5. The fourth-order valence-corrected chi connectivity index (χ4v) is 2.06. The average Bonchev–Trinajstić information content (AvgIpc) is 2.37. The molecule has 5 heteroatoms. The normalized spacial score (nSPS) is 23.6. The van der Waals surface area contributed by atoms with Gasteiger partial charge in [-0.15, -0.1) is 0 Å². The predicted octanol–water partition coefficient (Wildman–Crippen LogP) is 1.22. The maximum Gasteiger partial charge on any atom is 0.337 e. The SMILES string of the molecule is C=CC(=O)OC(=O)C1CCCCC1C(=O)OC. The minimum Gasteiger partial charge on any atom is -0.469 e. The molecule has 2 unspecified atom stereocenters. The van der Waals surface area contributed by atoms with E-state index >= 15 is 0 Å². The summed E-state index contributed by atoms with van der Waals surface area (Å²) in [7, 11) is 1.29. The molecule has 5 nitrogen and oxygen atoms in total. The van der Waals surface area contributed by atoms with E-state index in [0.717, 1.165) is 18.9 Å². The minimum atomic E-state index is -0.788. The monoisotopic (exact) mass is 240 g/mol. The van der Waals surface area contributed by atoms with Crippen molar-refractivity contribution in [1.82, 2.24) is 0 Å². The molecule has 1 saturated carbocycles. The Morgan fingerprint density at radius 3 is 2.12 bits per heavy atom. The molecule has 1 rings (SSSR count). The highest BCUT2D eigenvalue weighted by Gasteiger charge is 2.38. The molecule has 2 atom stereocenters. The molecular formula is C12H16O5. The van der Waals surface area contributed by atoms with E-state index < -0.39 is 29.7 Å². The van der Waals surface area contributed by atoms with Crippen LogP contribution in [0.3, 0.4) is 0 Å². The minimum absolute atomic E-state index is 0.419. The summed E-state index contributed by atoms with van der Waals surface area (Å²) in [4.78, 5) is 34.1. The van der Waals surface area contributed by atoms with E-state index in [-0.39, 0.29) is 0 Å². The highest BCUT2D eigenvalue weighted by atomic mass is 16.6. The summed E-state index contributed by atoms with van der Waals surface area (Å²) < 4.78 is 9.21. The Kier molecular flexibility index (Phi) is 4.87. The van der Waals surface area contributed by atoms with Gasteiger partial charge in [0.1, 0.15) is 0 Å². The lowest BCUT2D eigenvalue weighted by molar-refractivity contribution is -0.166. The predicted molar refractivity (Wildman–Crippen MR) is 58.8 cm³/mol. The third-order valence-corrected chi connectivity index (χ3v) is 2.94. The number of methoxy groups -OCH3 is 1. The van der Waals surface area contributed by atoms with E-state index in [1.807, 2.05) is 0 Å². The highest BCUT2D eigenvalue weighted by Crippen LogP contribution is 2.31. The van der Waals surface area contributed by atoms with Gasteiger partial charge in [-0.3, -0.25) is 9.59 Å². The van der Waals surface area contributed by atoms with Gasteiger partial charge >= 0.3 is 17.9 Å². The summed E-state index contributed by atoms with van der Waals surface area (Å²) in [5.74, 6) is -2.95. The van der Waals surface area contributed by atoms with Crippen molar-refractivity contribution in [3.05, 3.63) is 12.7 Å². The molecule has 0 saturated heterocycles. The van der Waals surface area contributed by atoms with E-state index in [4.69, 9.17) is 0 Å². The van der Waals surface area contributed by atoms with Gasteiger partial charge in [-0.2, -0.15) is 0 Å². The quantitative estimate of drug-likeness (QED) is 0.421. The molecule has 1 fully saturated rings. The van der Waals surface area contributed by atoms with Crippen LogP contribution in [0.4, 0.5) is 0 Å². The van der Waals surface area contributed by atoms with Crippen LogP contribution in [0.2, 0.25) is 0 Å². The van der Waals surface area contributed by atoms with Crippen molar-refractivity contribution in [2.75, 3.05) is 7.11 Å². The molecule has 0 radical (unpaired) electrons.